The zero-order valence-electron chi connectivity index (χ0n) is 8.89. The average molecular weight is 204 g/mol. The maximum absolute atomic E-state index is 5.82. The number of rotatable bonds is 7. The Morgan fingerprint density at radius 1 is 1.00 bits per heavy atom. The van der Waals surface area contributed by atoms with E-state index in [1.165, 1.54) is 0 Å². The molecule has 0 spiro atoms. The maximum atomic E-state index is 5.82. The van der Waals surface area contributed by atoms with Crippen LogP contribution in [-0.2, 0) is 0 Å². The van der Waals surface area contributed by atoms with E-state index in [1.54, 1.807) is 0 Å². The van der Waals surface area contributed by atoms with Gasteiger partial charge in [-0.1, -0.05) is 0 Å². The van der Waals surface area contributed by atoms with E-state index in [0.29, 0.717) is 26.2 Å². The van der Waals surface area contributed by atoms with E-state index >= 15 is 0 Å². The monoisotopic (exact) mass is 204 g/mol. The van der Waals surface area contributed by atoms with Crippen molar-refractivity contribution in [1.29, 1.82) is 0 Å². The molecule has 0 amide bonds. The van der Waals surface area contributed by atoms with Crippen molar-refractivity contribution >= 4 is 0 Å². The zero-order valence-corrected chi connectivity index (χ0v) is 8.89. The molecule has 3 unspecified atom stereocenters. The van der Waals surface area contributed by atoms with Gasteiger partial charge in [-0.05, 0) is 6.92 Å². The van der Waals surface area contributed by atoms with E-state index in [-0.39, 0.29) is 18.2 Å². The Bertz CT molecular complexity index is 140. The fourth-order valence-electron chi connectivity index (χ4n) is 1.24. The summed E-state index contributed by atoms with van der Waals surface area (Å²) in [6.45, 7) is 4.07. The fourth-order valence-corrected chi connectivity index (χ4v) is 1.24. The average Bonchev–Trinajstić information content (AvgIpc) is 2.14. The van der Waals surface area contributed by atoms with Crippen molar-refractivity contribution in [3.8, 4) is 0 Å². The molecule has 0 aliphatic carbocycles. The highest BCUT2D eigenvalue weighted by atomic mass is 15.2. The molecule has 86 valence electrons. The van der Waals surface area contributed by atoms with Crippen molar-refractivity contribution in [2.45, 2.75) is 25.2 Å². The summed E-state index contributed by atoms with van der Waals surface area (Å²) < 4.78 is 0. The third-order valence-corrected chi connectivity index (χ3v) is 2.00. The Labute approximate surface area is 85.8 Å². The standard InChI is InChI=1S/C8H24N6/c1-6(11)4-14(8(13)3-10)5-7(12)2-9/h6-8H,2-5,9-13H2,1H3. The minimum atomic E-state index is -0.196. The van der Waals surface area contributed by atoms with Crippen LogP contribution in [0.25, 0.3) is 0 Å². The van der Waals surface area contributed by atoms with E-state index in [9.17, 15) is 0 Å². The normalized spacial score (nSPS) is 18.2. The number of nitrogens with two attached hydrogens (primary N) is 5. The van der Waals surface area contributed by atoms with Crippen LogP contribution in [0.4, 0.5) is 0 Å². The van der Waals surface area contributed by atoms with Gasteiger partial charge in [0.15, 0.2) is 0 Å². The molecule has 3 atom stereocenters. The summed E-state index contributed by atoms with van der Waals surface area (Å²) in [7, 11) is 0. The van der Waals surface area contributed by atoms with Crippen molar-refractivity contribution < 1.29 is 0 Å². The zero-order chi connectivity index (χ0) is 11.1. The first-order valence-electron chi connectivity index (χ1n) is 4.92. The summed E-state index contributed by atoms with van der Waals surface area (Å²) in [5.74, 6) is 0. The Morgan fingerprint density at radius 2 is 1.57 bits per heavy atom. The van der Waals surface area contributed by atoms with E-state index in [1.807, 2.05) is 11.8 Å². The first-order valence-corrected chi connectivity index (χ1v) is 4.92. The molecule has 14 heavy (non-hydrogen) atoms. The molecule has 0 radical (unpaired) electrons. The first-order chi connectivity index (χ1) is 6.51. The molecule has 0 heterocycles. The summed E-state index contributed by atoms with van der Waals surface area (Å²) in [5.41, 5.74) is 28.2. The second-order valence-corrected chi connectivity index (χ2v) is 3.73. The Hall–Kier alpha value is -0.240. The van der Waals surface area contributed by atoms with E-state index in [2.05, 4.69) is 0 Å². The van der Waals surface area contributed by atoms with Gasteiger partial charge in [0.25, 0.3) is 0 Å². The molecule has 0 saturated heterocycles. The molecule has 0 rings (SSSR count). The molecule has 0 bridgehead atoms. The molecule has 0 aromatic rings. The van der Waals surface area contributed by atoms with Crippen LogP contribution < -0.4 is 28.7 Å². The minimum absolute atomic E-state index is 0.0533. The molecule has 0 aromatic carbocycles. The quantitative estimate of drug-likeness (QED) is 0.284. The molecular weight excluding hydrogens is 180 g/mol. The third-order valence-electron chi connectivity index (χ3n) is 2.00. The van der Waals surface area contributed by atoms with Crippen molar-refractivity contribution in [2.24, 2.45) is 28.7 Å². The molecule has 0 aliphatic rings. The Kier molecular flexibility index (Phi) is 6.98. The summed E-state index contributed by atoms with van der Waals surface area (Å²) in [4.78, 5) is 1.97. The van der Waals surface area contributed by atoms with Crippen molar-refractivity contribution in [3.63, 3.8) is 0 Å². The lowest BCUT2D eigenvalue weighted by molar-refractivity contribution is 0.184. The predicted molar refractivity (Wildman–Crippen MR) is 59.3 cm³/mol. The highest BCUT2D eigenvalue weighted by molar-refractivity contribution is 4.76. The van der Waals surface area contributed by atoms with Crippen molar-refractivity contribution in [1.82, 2.24) is 4.90 Å². The van der Waals surface area contributed by atoms with E-state index < -0.39 is 0 Å². The third kappa shape index (κ3) is 5.48. The van der Waals surface area contributed by atoms with Crippen LogP contribution in [0, 0.1) is 0 Å². The predicted octanol–water partition coefficient (Wildman–Crippen LogP) is -2.83. The van der Waals surface area contributed by atoms with Crippen LogP contribution in [0.15, 0.2) is 0 Å². The maximum Gasteiger partial charge on any atom is 0.0699 e. The molecule has 10 N–H and O–H groups in total. The molecule has 0 saturated carbocycles. The lowest BCUT2D eigenvalue weighted by atomic mass is 10.2. The second-order valence-electron chi connectivity index (χ2n) is 3.73. The number of hydrogen-bond acceptors (Lipinski definition) is 6. The molecule has 0 aliphatic heterocycles. The second kappa shape index (κ2) is 7.10. The van der Waals surface area contributed by atoms with E-state index in [4.69, 9.17) is 28.7 Å². The van der Waals surface area contributed by atoms with Gasteiger partial charge < -0.3 is 28.7 Å². The van der Waals surface area contributed by atoms with Crippen LogP contribution in [0.3, 0.4) is 0 Å². The van der Waals surface area contributed by atoms with Crippen LogP contribution in [0.5, 0.6) is 0 Å². The molecule has 6 nitrogen and oxygen atoms in total. The summed E-state index contributed by atoms with van der Waals surface area (Å²) in [6.07, 6.45) is -0.196. The first kappa shape index (κ1) is 13.8. The largest absolute Gasteiger partial charge is 0.329 e. The molecule has 0 aromatic heterocycles. The van der Waals surface area contributed by atoms with Gasteiger partial charge in [0.1, 0.15) is 0 Å². The lowest BCUT2D eigenvalue weighted by Gasteiger charge is -2.31. The lowest BCUT2D eigenvalue weighted by Crippen LogP contribution is -2.55. The minimum Gasteiger partial charge on any atom is -0.329 e. The topological polar surface area (TPSA) is 133 Å². The van der Waals surface area contributed by atoms with Gasteiger partial charge in [0, 0.05) is 38.3 Å². The van der Waals surface area contributed by atoms with Gasteiger partial charge in [-0.15, -0.1) is 0 Å². The summed E-state index contributed by atoms with van der Waals surface area (Å²) >= 11 is 0. The van der Waals surface area contributed by atoms with Crippen LogP contribution in [0.1, 0.15) is 6.92 Å². The smallest absolute Gasteiger partial charge is 0.0699 e. The van der Waals surface area contributed by atoms with Crippen molar-refractivity contribution in [3.05, 3.63) is 0 Å². The highest BCUT2D eigenvalue weighted by Gasteiger charge is 2.16. The highest BCUT2D eigenvalue weighted by Crippen LogP contribution is 1.95. The van der Waals surface area contributed by atoms with Gasteiger partial charge in [-0.3, -0.25) is 4.90 Å². The van der Waals surface area contributed by atoms with Crippen LogP contribution >= 0.6 is 0 Å². The summed E-state index contributed by atoms with van der Waals surface area (Å²) in [6, 6.07) is -0.0241. The number of nitrogens with zero attached hydrogens (tertiary/aromatic N) is 1. The van der Waals surface area contributed by atoms with Gasteiger partial charge in [0.2, 0.25) is 0 Å². The van der Waals surface area contributed by atoms with Crippen LogP contribution in [-0.4, -0.2) is 49.3 Å². The van der Waals surface area contributed by atoms with Crippen LogP contribution in [0.2, 0.25) is 0 Å². The van der Waals surface area contributed by atoms with E-state index in [0.717, 1.165) is 0 Å². The van der Waals surface area contributed by atoms with Gasteiger partial charge in [-0.2, -0.15) is 0 Å². The Morgan fingerprint density at radius 3 is 1.93 bits per heavy atom. The van der Waals surface area contributed by atoms with Gasteiger partial charge in [-0.25, -0.2) is 0 Å². The van der Waals surface area contributed by atoms with Crippen molar-refractivity contribution in [2.75, 3.05) is 26.2 Å². The van der Waals surface area contributed by atoms with Gasteiger partial charge >= 0.3 is 0 Å². The molecule has 0 fully saturated rings. The summed E-state index contributed by atoms with van der Waals surface area (Å²) in [5, 5.41) is 0. The number of hydrogen-bond donors (Lipinski definition) is 5. The molecule has 6 heteroatoms. The van der Waals surface area contributed by atoms with Gasteiger partial charge in [0.05, 0.1) is 6.17 Å². The fraction of sp³-hybridized carbons (Fsp3) is 1.00. The molecular formula is C8H24N6. The SMILES string of the molecule is CC(N)CN(CC(N)CN)C(N)CN. The Balaban J connectivity index is 4.09.